The number of carbonyl (C=O) groups excluding carboxylic acids is 1. The zero-order valence-electron chi connectivity index (χ0n) is 10.7. The number of carbonyl (C=O) groups is 1. The molecule has 2 atom stereocenters. The molecule has 0 aromatic rings. The molecule has 19 heavy (non-hydrogen) atoms. The molecule has 0 N–H and O–H groups in total. The minimum Gasteiger partial charge on any atom is -0.299 e. The molecular weight excluding hydrogens is 305 g/mol. The molecule has 0 aromatic carbocycles. The van der Waals surface area contributed by atoms with Crippen LogP contribution in [-0.4, -0.2) is 37.0 Å². The van der Waals surface area contributed by atoms with Gasteiger partial charge in [0.25, 0.3) is 0 Å². The summed E-state index contributed by atoms with van der Waals surface area (Å²) in [7, 11) is -8.15. The van der Waals surface area contributed by atoms with Crippen LogP contribution < -0.4 is 0 Å². The number of halogens is 3. The van der Waals surface area contributed by atoms with Crippen LogP contribution in [0, 0.1) is 5.92 Å². The Morgan fingerprint density at radius 1 is 1.42 bits per heavy atom. The van der Waals surface area contributed by atoms with Crippen molar-refractivity contribution in [2.24, 2.45) is 5.92 Å². The Kier molecular flexibility index (Phi) is 4.95. The van der Waals surface area contributed by atoms with Gasteiger partial charge in [0.05, 0.1) is 5.75 Å². The summed E-state index contributed by atoms with van der Waals surface area (Å²) >= 11 is 0. The first-order valence-electron chi connectivity index (χ1n) is 5.82. The standard InChI is InChI=1S/C10H17F3O4S2/c1-3-9(14)7-18(5-4-8(2)6-18)17-19(15,16)10(11,12)13/h8H,3-7H2,1-2H3. The van der Waals surface area contributed by atoms with Gasteiger partial charge in [0, 0.05) is 17.9 Å². The van der Waals surface area contributed by atoms with Gasteiger partial charge in [-0.05, 0) is 12.3 Å². The Hall–Kier alpha value is -0.280. The van der Waals surface area contributed by atoms with E-state index in [9.17, 15) is 26.4 Å². The predicted octanol–water partition coefficient (Wildman–Crippen LogP) is 2.59. The van der Waals surface area contributed by atoms with Crippen LogP contribution >= 0.6 is 10.3 Å². The van der Waals surface area contributed by atoms with E-state index in [0.717, 1.165) is 0 Å². The second kappa shape index (κ2) is 5.61. The van der Waals surface area contributed by atoms with Gasteiger partial charge in [-0.15, -0.1) is 10.3 Å². The van der Waals surface area contributed by atoms with E-state index in [1.165, 1.54) is 0 Å². The Bertz CT molecular complexity index is 446. The summed E-state index contributed by atoms with van der Waals surface area (Å²) in [5.41, 5.74) is -5.44. The first-order chi connectivity index (χ1) is 8.51. The lowest BCUT2D eigenvalue weighted by Gasteiger charge is -2.33. The van der Waals surface area contributed by atoms with Crippen molar-refractivity contribution in [1.29, 1.82) is 0 Å². The van der Waals surface area contributed by atoms with Crippen molar-refractivity contribution < 1.29 is 30.0 Å². The van der Waals surface area contributed by atoms with Crippen LogP contribution in [0.4, 0.5) is 13.2 Å². The molecule has 0 saturated carbocycles. The van der Waals surface area contributed by atoms with E-state index in [0.29, 0.717) is 6.42 Å². The van der Waals surface area contributed by atoms with E-state index in [1.807, 2.05) is 6.92 Å². The molecule has 1 aliphatic heterocycles. The maximum absolute atomic E-state index is 12.4. The lowest BCUT2D eigenvalue weighted by atomic mass is 10.2. The predicted molar refractivity (Wildman–Crippen MR) is 67.3 cm³/mol. The number of Topliss-reactive ketones (excluding diaryl/α,β-unsaturated/α-hetero) is 1. The van der Waals surface area contributed by atoms with Crippen LogP contribution in [0.5, 0.6) is 0 Å². The first kappa shape index (κ1) is 16.8. The molecule has 114 valence electrons. The van der Waals surface area contributed by atoms with Crippen LogP contribution in [-0.2, 0) is 18.5 Å². The monoisotopic (exact) mass is 322 g/mol. The zero-order valence-corrected chi connectivity index (χ0v) is 12.3. The van der Waals surface area contributed by atoms with E-state index in [1.54, 1.807) is 6.92 Å². The fourth-order valence-electron chi connectivity index (χ4n) is 1.94. The summed E-state index contributed by atoms with van der Waals surface area (Å²) in [6.45, 7) is 3.40. The number of ketones is 1. The third kappa shape index (κ3) is 4.09. The van der Waals surface area contributed by atoms with E-state index < -0.39 is 25.9 Å². The van der Waals surface area contributed by atoms with Gasteiger partial charge in [-0.1, -0.05) is 13.8 Å². The molecule has 9 heteroatoms. The molecular formula is C10H17F3O4S2. The highest BCUT2D eigenvalue weighted by molar-refractivity contribution is 8.33. The summed E-state index contributed by atoms with van der Waals surface area (Å²) in [4.78, 5) is 11.5. The molecule has 2 unspecified atom stereocenters. The second-order valence-corrected chi connectivity index (χ2v) is 9.61. The highest BCUT2D eigenvalue weighted by Crippen LogP contribution is 2.59. The summed E-state index contributed by atoms with van der Waals surface area (Å²) in [5.74, 6) is 0.0661. The number of hydrogen-bond donors (Lipinski definition) is 0. The molecule has 4 nitrogen and oxygen atoms in total. The average Bonchev–Trinajstić information content (AvgIpc) is 2.57. The molecule has 1 rings (SSSR count). The topological polar surface area (TPSA) is 60.4 Å². The number of alkyl halides is 3. The molecule has 0 aromatic heterocycles. The molecule has 0 radical (unpaired) electrons. The van der Waals surface area contributed by atoms with Gasteiger partial charge < -0.3 is 0 Å². The van der Waals surface area contributed by atoms with E-state index in [4.69, 9.17) is 0 Å². The summed E-state index contributed by atoms with van der Waals surface area (Å²) < 4.78 is 64.0. The van der Waals surface area contributed by atoms with E-state index >= 15 is 0 Å². The molecule has 1 fully saturated rings. The Morgan fingerprint density at radius 3 is 2.37 bits per heavy atom. The largest absolute Gasteiger partial charge is 0.523 e. The second-order valence-electron chi connectivity index (χ2n) is 4.74. The van der Waals surface area contributed by atoms with E-state index in [-0.39, 0.29) is 35.4 Å². The first-order valence-corrected chi connectivity index (χ1v) is 9.29. The number of rotatable bonds is 5. The van der Waals surface area contributed by atoms with Crippen molar-refractivity contribution in [2.75, 3.05) is 17.3 Å². The third-order valence-electron chi connectivity index (χ3n) is 2.91. The average molecular weight is 322 g/mol. The van der Waals surface area contributed by atoms with Gasteiger partial charge >= 0.3 is 15.6 Å². The Morgan fingerprint density at radius 2 is 2.00 bits per heavy atom. The van der Waals surface area contributed by atoms with Gasteiger partial charge in [0.2, 0.25) is 0 Å². The summed E-state index contributed by atoms with van der Waals surface area (Å²) in [6, 6.07) is 0. The van der Waals surface area contributed by atoms with Crippen molar-refractivity contribution in [3.05, 3.63) is 0 Å². The lowest BCUT2D eigenvalue weighted by molar-refractivity contribution is -0.116. The van der Waals surface area contributed by atoms with Crippen LogP contribution in [0.2, 0.25) is 0 Å². The van der Waals surface area contributed by atoms with Crippen molar-refractivity contribution in [3.63, 3.8) is 0 Å². The molecule has 0 spiro atoms. The quantitative estimate of drug-likeness (QED) is 0.730. The molecule has 0 amide bonds. The van der Waals surface area contributed by atoms with Crippen LogP contribution in [0.1, 0.15) is 26.7 Å². The molecule has 0 bridgehead atoms. The third-order valence-corrected chi connectivity index (χ3v) is 8.35. The maximum Gasteiger partial charge on any atom is 0.523 e. The SMILES string of the molecule is CCC(=O)CS1(OS(=O)(=O)C(F)(F)F)CCC(C)C1. The summed E-state index contributed by atoms with van der Waals surface area (Å²) in [5, 5.41) is 0. The van der Waals surface area contributed by atoms with Crippen molar-refractivity contribution >= 4 is 26.2 Å². The van der Waals surface area contributed by atoms with Crippen LogP contribution in [0.25, 0.3) is 0 Å². The summed E-state index contributed by atoms with van der Waals surface area (Å²) in [6.07, 6.45) is 0.748. The van der Waals surface area contributed by atoms with Gasteiger partial charge in [0.1, 0.15) is 5.78 Å². The molecule has 1 heterocycles. The van der Waals surface area contributed by atoms with E-state index in [2.05, 4.69) is 3.63 Å². The Labute approximate surface area is 112 Å². The van der Waals surface area contributed by atoms with Gasteiger partial charge in [-0.25, -0.2) is 3.63 Å². The normalized spacial score (nSPS) is 31.9. The fourth-order valence-corrected chi connectivity index (χ4v) is 7.71. The van der Waals surface area contributed by atoms with Crippen molar-refractivity contribution in [3.8, 4) is 0 Å². The molecule has 1 saturated heterocycles. The lowest BCUT2D eigenvalue weighted by Crippen LogP contribution is -2.30. The minimum absolute atomic E-state index is 0.0723. The zero-order chi connectivity index (χ0) is 14.9. The minimum atomic E-state index is -5.63. The highest BCUT2D eigenvalue weighted by atomic mass is 32.3. The fraction of sp³-hybridized carbons (Fsp3) is 0.900. The highest BCUT2D eigenvalue weighted by Gasteiger charge is 2.52. The van der Waals surface area contributed by atoms with Crippen LogP contribution in [0.15, 0.2) is 0 Å². The Balaban J connectivity index is 2.97. The van der Waals surface area contributed by atoms with Crippen molar-refractivity contribution in [1.82, 2.24) is 0 Å². The maximum atomic E-state index is 12.4. The molecule has 1 aliphatic rings. The van der Waals surface area contributed by atoms with Crippen molar-refractivity contribution in [2.45, 2.75) is 32.2 Å². The van der Waals surface area contributed by atoms with Gasteiger partial charge in [-0.3, -0.25) is 4.79 Å². The number of hydrogen-bond acceptors (Lipinski definition) is 4. The van der Waals surface area contributed by atoms with Gasteiger partial charge in [0.15, 0.2) is 0 Å². The van der Waals surface area contributed by atoms with Gasteiger partial charge in [-0.2, -0.15) is 21.6 Å². The smallest absolute Gasteiger partial charge is 0.299 e. The molecule has 0 aliphatic carbocycles. The van der Waals surface area contributed by atoms with Crippen LogP contribution in [0.3, 0.4) is 0 Å².